The molecule has 0 radical (unpaired) electrons. The normalized spacial score (nSPS) is 15.8. The van der Waals surface area contributed by atoms with Gasteiger partial charge in [-0.05, 0) is 30.0 Å². The Morgan fingerprint density at radius 3 is 2.54 bits per heavy atom. The summed E-state index contributed by atoms with van der Waals surface area (Å²) in [6.45, 7) is 4.34. The van der Waals surface area contributed by atoms with E-state index in [0.717, 1.165) is 49.7 Å². The Morgan fingerprint density at radius 1 is 1.21 bits per heavy atom. The van der Waals surface area contributed by atoms with Gasteiger partial charge in [0.1, 0.15) is 0 Å². The molecule has 1 aromatic heterocycles. The van der Waals surface area contributed by atoms with Crippen LogP contribution in [0, 0.1) is 0 Å². The molecule has 1 unspecified atom stereocenters. The van der Waals surface area contributed by atoms with Gasteiger partial charge in [-0.15, -0.1) is 24.0 Å². The highest BCUT2D eigenvalue weighted by atomic mass is 127. The predicted molar refractivity (Wildman–Crippen MR) is 130 cm³/mol. The first-order valence-electron chi connectivity index (χ1n) is 8.97. The van der Waals surface area contributed by atoms with E-state index in [0.29, 0.717) is 5.25 Å². The Morgan fingerprint density at radius 2 is 1.93 bits per heavy atom. The molecular weight excluding hydrogens is 507 g/mol. The van der Waals surface area contributed by atoms with E-state index in [2.05, 4.69) is 42.4 Å². The molecule has 0 bridgehead atoms. The summed E-state index contributed by atoms with van der Waals surface area (Å²) in [5, 5.41) is 4.62. The van der Waals surface area contributed by atoms with E-state index in [1.54, 1.807) is 12.4 Å². The molecule has 3 rings (SSSR count). The zero-order valence-electron chi connectivity index (χ0n) is 16.1. The van der Waals surface area contributed by atoms with Crippen LogP contribution >= 0.6 is 47.3 Å². The van der Waals surface area contributed by atoms with Crippen LogP contribution in [0.3, 0.4) is 0 Å². The Hall–Kier alpha value is -1.26. The molecule has 28 heavy (non-hydrogen) atoms. The van der Waals surface area contributed by atoms with E-state index in [1.165, 1.54) is 5.56 Å². The number of anilines is 1. The molecule has 0 spiro atoms. The van der Waals surface area contributed by atoms with Crippen LogP contribution in [0.5, 0.6) is 0 Å². The molecule has 2 heterocycles. The topological polar surface area (TPSA) is 56.7 Å². The lowest BCUT2D eigenvalue weighted by molar-refractivity contribution is 0.370. The van der Waals surface area contributed by atoms with E-state index >= 15 is 0 Å². The van der Waals surface area contributed by atoms with Crippen molar-refractivity contribution in [1.29, 1.82) is 0 Å². The van der Waals surface area contributed by atoms with Gasteiger partial charge in [-0.2, -0.15) is 11.8 Å². The maximum Gasteiger partial charge on any atom is 0.225 e. The van der Waals surface area contributed by atoms with Crippen molar-refractivity contribution in [3.05, 3.63) is 53.3 Å². The molecule has 0 aliphatic carbocycles. The quantitative estimate of drug-likeness (QED) is 0.361. The zero-order valence-corrected chi connectivity index (χ0v) is 20.0. The van der Waals surface area contributed by atoms with Crippen molar-refractivity contribution in [2.45, 2.75) is 5.25 Å². The van der Waals surface area contributed by atoms with Gasteiger partial charge in [0.05, 0.1) is 0 Å². The third-order valence-electron chi connectivity index (χ3n) is 4.58. The number of piperazine rings is 1. The minimum Gasteiger partial charge on any atom is -0.355 e. The fourth-order valence-corrected chi connectivity index (χ4v) is 4.00. The van der Waals surface area contributed by atoms with Crippen LogP contribution < -0.4 is 10.2 Å². The molecule has 9 heteroatoms. The summed E-state index contributed by atoms with van der Waals surface area (Å²) >= 11 is 7.95. The lowest BCUT2D eigenvalue weighted by Crippen LogP contribution is -2.53. The molecule has 0 saturated carbocycles. The molecule has 6 nitrogen and oxygen atoms in total. The molecule has 1 fully saturated rings. The number of nitrogens with zero attached hydrogens (tertiary/aromatic N) is 5. The van der Waals surface area contributed by atoms with E-state index in [-0.39, 0.29) is 24.0 Å². The number of hydrogen-bond donors (Lipinski definition) is 1. The van der Waals surface area contributed by atoms with E-state index in [1.807, 2.05) is 43.1 Å². The van der Waals surface area contributed by atoms with Crippen molar-refractivity contribution in [1.82, 2.24) is 20.2 Å². The number of thioether (sulfide) groups is 1. The number of aliphatic imine (C=N–C) groups is 1. The summed E-state index contributed by atoms with van der Waals surface area (Å²) in [6.07, 6.45) is 5.69. The number of hydrogen-bond acceptors (Lipinski definition) is 5. The number of aromatic nitrogens is 2. The standard InChI is InChI=1S/C19H25ClN6S.HI/c1-21-18(24-14-17(27-2)15-5-3-6-16(20)13-15)25-9-11-26(12-10-25)19-22-7-4-8-23-19;/h3-8,13,17H,9-12,14H2,1-2H3,(H,21,24);1H. The average molecular weight is 533 g/mol. The molecule has 1 atom stereocenters. The first-order valence-corrected chi connectivity index (χ1v) is 10.6. The van der Waals surface area contributed by atoms with Crippen LogP contribution in [0.4, 0.5) is 5.95 Å². The Bertz CT molecular complexity index is 755. The molecule has 1 N–H and O–H groups in total. The van der Waals surface area contributed by atoms with Gasteiger partial charge in [0, 0.05) is 62.4 Å². The molecule has 1 aliphatic rings. The SMILES string of the molecule is CN=C(NCC(SC)c1cccc(Cl)c1)N1CCN(c2ncccn2)CC1.I. The van der Waals surface area contributed by atoms with Crippen LogP contribution in [-0.4, -0.2) is 66.9 Å². The highest BCUT2D eigenvalue weighted by molar-refractivity contribution is 14.0. The number of halogens is 2. The third kappa shape index (κ3) is 6.12. The highest BCUT2D eigenvalue weighted by Gasteiger charge is 2.21. The average Bonchev–Trinajstić information content (AvgIpc) is 2.72. The van der Waals surface area contributed by atoms with Crippen molar-refractivity contribution in [3.63, 3.8) is 0 Å². The van der Waals surface area contributed by atoms with E-state index in [4.69, 9.17) is 11.6 Å². The van der Waals surface area contributed by atoms with Crippen molar-refractivity contribution < 1.29 is 0 Å². The molecule has 1 aromatic carbocycles. The largest absolute Gasteiger partial charge is 0.355 e. The van der Waals surface area contributed by atoms with Gasteiger partial charge in [-0.1, -0.05) is 23.7 Å². The summed E-state index contributed by atoms with van der Waals surface area (Å²) in [7, 11) is 1.84. The fraction of sp³-hybridized carbons (Fsp3) is 0.421. The van der Waals surface area contributed by atoms with Gasteiger partial charge < -0.3 is 15.1 Å². The molecule has 1 saturated heterocycles. The van der Waals surface area contributed by atoms with Crippen molar-refractivity contribution in [3.8, 4) is 0 Å². The molecule has 0 amide bonds. The third-order valence-corrected chi connectivity index (χ3v) is 5.82. The fourth-order valence-electron chi connectivity index (χ4n) is 3.13. The number of guanidine groups is 1. The monoisotopic (exact) mass is 532 g/mol. The van der Waals surface area contributed by atoms with E-state index < -0.39 is 0 Å². The smallest absolute Gasteiger partial charge is 0.225 e. The lowest BCUT2D eigenvalue weighted by atomic mass is 10.1. The van der Waals surface area contributed by atoms with Gasteiger partial charge in [-0.25, -0.2) is 9.97 Å². The van der Waals surface area contributed by atoms with Crippen LogP contribution in [0.15, 0.2) is 47.7 Å². The van der Waals surface area contributed by atoms with Crippen molar-refractivity contribution in [2.24, 2.45) is 4.99 Å². The lowest BCUT2D eigenvalue weighted by Gasteiger charge is -2.36. The molecule has 1 aliphatic heterocycles. The molecule has 152 valence electrons. The second kappa shape index (κ2) is 11.7. The maximum atomic E-state index is 6.15. The van der Waals surface area contributed by atoms with Gasteiger partial charge in [0.15, 0.2) is 5.96 Å². The number of nitrogens with one attached hydrogen (secondary N) is 1. The maximum absolute atomic E-state index is 6.15. The van der Waals surface area contributed by atoms with Crippen LogP contribution in [0.2, 0.25) is 5.02 Å². The first kappa shape index (κ1) is 23.0. The van der Waals surface area contributed by atoms with E-state index in [9.17, 15) is 0 Å². The van der Waals surface area contributed by atoms with Gasteiger partial charge >= 0.3 is 0 Å². The summed E-state index contributed by atoms with van der Waals surface area (Å²) < 4.78 is 0. The second-order valence-corrected chi connectivity index (χ2v) is 7.71. The second-order valence-electron chi connectivity index (χ2n) is 6.23. The van der Waals surface area contributed by atoms with Crippen molar-refractivity contribution >= 4 is 59.2 Å². The highest BCUT2D eigenvalue weighted by Crippen LogP contribution is 2.27. The Kier molecular flexibility index (Phi) is 9.60. The van der Waals surface area contributed by atoms with Gasteiger partial charge in [-0.3, -0.25) is 4.99 Å². The number of benzene rings is 1. The van der Waals surface area contributed by atoms with Crippen LogP contribution in [0.25, 0.3) is 0 Å². The summed E-state index contributed by atoms with van der Waals surface area (Å²) in [5.41, 5.74) is 1.23. The van der Waals surface area contributed by atoms with Crippen LogP contribution in [-0.2, 0) is 0 Å². The number of rotatable bonds is 5. The molecule has 2 aromatic rings. The minimum atomic E-state index is 0. The zero-order chi connectivity index (χ0) is 19.1. The van der Waals surface area contributed by atoms with Crippen molar-refractivity contribution in [2.75, 3.05) is 50.9 Å². The summed E-state index contributed by atoms with van der Waals surface area (Å²) in [4.78, 5) is 17.6. The molecular formula is C19H26ClIN6S. The Labute approximate surface area is 193 Å². The van der Waals surface area contributed by atoms with Gasteiger partial charge in [0.25, 0.3) is 0 Å². The van der Waals surface area contributed by atoms with Crippen LogP contribution in [0.1, 0.15) is 10.8 Å². The van der Waals surface area contributed by atoms with Gasteiger partial charge in [0.2, 0.25) is 5.95 Å². The predicted octanol–water partition coefficient (Wildman–Crippen LogP) is 3.55. The summed E-state index contributed by atoms with van der Waals surface area (Å²) in [6, 6.07) is 9.90. The first-order chi connectivity index (χ1) is 13.2. The Balaban J connectivity index is 0.00000280. The minimum absolute atomic E-state index is 0. The summed E-state index contributed by atoms with van der Waals surface area (Å²) in [5.74, 6) is 1.73.